The van der Waals surface area contributed by atoms with Crippen LogP contribution in [-0.4, -0.2) is 33.5 Å². The van der Waals surface area contributed by atoms with Crippen LogP contribution in [0, 0.1) is 0 Å². The number of rotatable bonds is 5. The van der Waals surface area contributed by atoms with Gasteiger partial charge in [-0.15, -0.1) is 20.4 Å². The molecule has 0 unspecified atom stereocenters. The average molecular weight is 285 g/mol. The zero-order valence-corrected chi connectivity index (χ0v) is 10.8. The molecule has 0 atom stereocenters. The molecule has 0 aliphatic heterocycles. The summed E-state index contributed by atoms with van der Waals surface area (Å²) in [6, 6.07) is 6.87. The topological polar surface area (TPSA) is 75.6 Å². The van der Waals surface area contributed by atoms with Crippen molar-refractivity contribution in [2.24, 2.45) is 0 Å². The normalized spacial score (nSPS) is 10.1. The molecule has 8 heteroatoms. The molecule has 0 fully saturated rings. The first-order chi connectivity index (χ1) is 8.74. The maximum atomic E-state index is 5.63. The van der Waals surface area contributed by atoms with Crippen LogP contribution in [0.5, 0.6) is 0 Å². The molecule has 18 heavy (non-hydrogen) atoms. The zero-order valence-electron chi connectivity index (χ0n) is 9.27. The van der Waals surface area contributed by atoms with Crippen LogP contribution in [0.25, 0.3) is 0 Å². The second kappa shape index (κ2) is 6.32. The van der Waals surface area contributed by atoms with Crippen molar-refractivity contribution in [2.45, 2.75) is 0 Å². The second-order valence-electron chi connectivity index (χ2n) is 3.34. The summed E-state index contributed by atoms with van der Waals surface area (Å²) in [6.07, 6.45) is 0. The van der Waals surface area contributed by atoms with Gasteiger partial charge < -0.3 is 10.6 Å². The lowest BCUT2D eigenvalue weighted by Crippen LogP contribution is -2.15. The van der Waals surface area contributed by atoms with E-state index in [1.165, 1.54) is 0 Å². The first-order valence-corrected chi connectivity index (χ1v) is 5.96. The predicted octanol–water partition coefficient (Wildman–Crippen LogP) is 2.10. The van der Waals surface area contributed by atoms with Crippen LogP contribution in [0.4, 0.5) is 11.6 Å². The number of hydrogen-bond acceptors (Lipinski definition) is 6. The number of halogens is 2. The van der Waals surface area contributed by atoms with Crippen molar-refractivity contribution in [1.82, 2.24) is 20.4 Å². The molecule has 2 N–H and O–H groups in total. The van der Waals surface area contributed by atoms with Crippen molar-refractivity contribution < 1.29 is 0 Å². The average Bonchev–Trinajstić information content (AvgIpc) is 2.39. The molecule has 0 amide bonds. The fourth-order valence-electron chi connectivity index (χ4n) is 1.20. The van der Waals surface area contributed by atoms with Crippen LogP contribution < -0.4 is 10.6 Å². The van der Waals surface area contributed by atoms with E-state index in [0.29, 0.717) is 35.0 Å². The molecular formula is C10H10Cl2N6. The van der Waals surface area contributed by atoms with E-state index in [1.54, 1.807) is 24.3 Å². The number of anilines is 2. The van der Waals surface area contributed by atoms with Gasteiger partial charge in [-0.2, -0.15) is 0 Å². The Morgan fingerprint density at radius 1 is 0.722 bits per heavy atom. The van der Waals surface area contributed by atoms with Crippen molar-refractivity contribution >= 4 is 34.8 Å². The summed E-state index contributed by atoms with van der Waals surface area (Å²) in [5.74, 6) is 1.34. The summed E-state index contributed by atoms with van der Waals surface area (Å²) >= 11 is 11.3. The second-order valence-corrected chi connectivity index (χ2v) is 4.11. The summed E-state index contributed by atoms with van der Waals surface area (Å²) in [7, 11) is 0. The SMILES string of the molecule is Clc1ccc(NCCNc2ccc(Cl)nn2)nn1. The predicted molar refractivity (Wildman–Crippen MR) is 71.1 cm³/mol. The molecule has 2 heterocycles. The number of aromatic nitrogens is 4. The van der Waals surface area contributed by atoms with E-state index in [0.717, 1.165) is 0 Å². The molecule has 0 radical (unpaired) electrons. The van der Waals surface area contributed by atoms with Gasteiger partial charge in [0, 0.05) is 13.1 Å². The Balaban J connectivity index is 1.73. The molecule has 2 rings (SSSR count). The van der Waals surface area contributed by atoms with Gasteiger partial charge in [-0.3, -0.25) is 0 Å². The number of nitrogens with zero attached hydrogens (tertiary/aromatic N) is 4. The molecule has 0 saturated heterocycles. The maximum absolute atomic E-state index is 5.63. The van der Waals surface area contributed by atoms with Crippen LogP contribution in [-0.2, 0) is 0 Å². The van der Waals surface area contributed by atoms with Gasteiger partial charge in [0.2, 0.25) is 0 Å². The van der Waals surface area contributed by atoms with Crippen molar-refractivity contribution in [2.75, 3.05) is 23.7 Å². The molecule has 0 aromatic carbocycles. The van der Waals surface area contributed by atoms with E-state index < -0.39 is 0 Å². The van der Waals surface area contributed by atoms with Crippen LogP contribution in [0.3, 0.4) is 0 Å². The van der Waals surface area contributed by atoms with Gasteiger partial charge in [0.15, 0.2) is 10.3 Å². The number of hydrogen-bond donors (Lipinski definition) is 2. The van der Waals surface area contributed by atoms with Crippen LogP contribution >= 0.6 is 23.2 Å². The molecule has 6 nitrogen and oxygen atoms in total. The third kappa shape index (κ3) is 3.97. The fourth-order valence-corrected chi connectivity index (χ4v) is 1.40. The molecular weight excluding hydrogens is 275 g/mol. The van der Waals surface area contributed by atoms with E-state index in [9.17, 15) is 0 Å². The Labute approximate surface area is 114 Å². The van der Waals surface area contributed by atoms with Crippen LogP contribution in [0.2, 0.25) is 10.3 Å². The van der Waals surface area contributed by atoms with E-state index in [4.69, 9.17) is 23.2 Å². The van der Waals surface area contributed by atoms with Gasteiger partial charge >= 0.3 is 0 Å². The minimum absolute atomic E-state index is 0.370. The minimum Gasteiger partial charge on any atom is -0.367 e. The van der Waals surface area contributed by atoms with Crippen molar-refractivity contribution in [1.29, 1.82) is 0 Å². The van der Waals surface area contributed by atoms with Gasteiger partial charge in [-0.1, -0.05) is 23.2 Å². The van der Waals surface area contributed by atoms with Gasteiger partial charge in [-0.25, -0.2) is 0 Å². The monoisotopic (exact) mass is 284 g/mol. The van der Waals surface area contributed by atoms with Gasteiger partial charge in [0.25, 0.3) is 0 Å². The smallest absolute Gasteiger partial charge is 0.151 e. The standard InChI is InChI=1S/C10H10Cl2N6/c11-7-1-3-9(17-15-7)13-5-6-14-10-4-2-8(12)16-18-10/h1-4H,5-6H2,(H,13,17)(H,14,18). The molecule has 0 spiro atoms. The lowest BCUT2D eigenvalue weighted by atomic mass is 10.5. The third-order valence-electron chi connectivity index (χ3n) is 2.00. The highest BCUT2D eigenvalue weighted by atomic mass is 35.5. The number of nitrogens with one attached hydrogen (secondary N) is 2. The highest BCUT2D eigenvalue weighted by molar-refractivity contribution is 6.29. The van der Waals surface area contributed by atoms with E-state index in [1.807, 2.05) is 0 Å². The highest BCUT2D eigenvalue weighted by Crippen LogP contribution is 2.06. The molecule has 2 aromatic heterocycles. The fraction of sp³-hybridized carbons (Fsp3) is 0.200. The Morgan fingerprint density at radius 2 is 1.17 bits per heavy atom. The summed E-state index contributed by atoms with van der Waals surface area (Å²) in [5, 5.41) is 22.1. The van der Waals surface area contributed by atoms with Crippen molar-refractivity contribution in [3.05, 3.63) is 34.6 Å². The van der Waals surface area contributed by atoms with Gasteiger partial charge in [-0.05, 0) is 24.3 Å². The molecule has 0 aliphatic rings. The Bertz CT molecular complexity index is 439. The van der Waals surface area contributed by atoms with E-state index in [-0.39, 0.29) is 0 Å². The summed E-state index contributed by atoms with van der Waals surface area (Å²) < 4.78 is 0. The van der Waals surface area contributed by atoms with Crippen molar-refractivity contribution in [3.8, 4) is 0 Å². The highest BCUT2D eigenvalue weighted by Gasteiger charge is 1.96. The molecule has 0 bridgehead atoms. The first kappa shape index (κ1) is 12.8. The molecule has 2 aromatic rings. The Morgan fingerprint density at radius 3 is 1.50 bits per heavy atom. The summed E-state index contributed by atoms with van der Waals surface area (Å²) in [6.45, 7) is 1.33. The minimum atomic E-state index is 0.370. The lowest BCUT2D eigenvalue weighted by molar-refractivity contribution is 0.969. The quantitative estimate of drug-likeness (QED) is 0.819. The molecule has 0 aliphatic carbocycles. The summed E-state index contributed by atoms with van der Waals surface area (Å²) in [5.41, 5.74) is 0. The molecule has 94 valence electrons. The third-order valence-corrected chi connectivity index (χ3v) is 2.40. The van der Waals surface area contributed by atoms with Crippen molar-refractivity contribution in [3.63, 3.8) is 0 Å². The Kier molecular flexibility index (Phi) is 4.49. The first-order valence-electron chi connectivity index (χ1n) is 5.20. The largest absolute Gasteiger partial charge is 0.367 e. The van der Waals surface area contributed by atoms with Gasteiger partial charge in [0.05, 0.1) is 0 Å². The van der Waals surface area contributed by atoms with Crippen LogP contribution in [0.1, 0.15) is 0 Å². The Hall–Kier alpha value is -1.66. The summed E-state index contributed by atoms with van der Waals surface area (Å²) in [4.78, 5) is 0. The lowest BCUT2D eigenvalue weighted by Gasteiger charge is -2.06. The van der Waals surface area contributed by atoms with E-state index >= 15 is 0 Å². The van der Waals surface area contributed by atoms with Crippen LogP contribution in [0.15, 0.2) is 24.3 Å². The van der Waals surface area contributed by atoms with Gasteiger partial charge in [0.1, 0.15) is 11.6 Å². The molecule has 0 saturated carbocycles. The maximum Gasteiger partial charge on any atom is 0.151 e. The zero-order chi connectivity index (χ0) is 12.8. The van der Waals surface area contributed by atoms with E-state index in [2.05, 4.69) is 31.0 Å².